The Bertz CT molecular complexity index is 316. The van der Waals surface area contributed by atoms with Crippen LogP contribution in [0.2, 0.25) is 0 Å². The normalized spacial score (nSPS) is 14.4. The predicted octanol–water partition coefficient (Wildman–Crippen LogP) is 4.56. The second-order valence-corrected chi connectivity index (χ2v) is 9.04. The maximum Gasteiger partial charge on any atom is 0.751 e. The Morgan fingerprint density at radius 2 is 1.46 bits per heavy atom. The maximum atomic E-state index is 13.1. The van der Waals surface area contributed by atoms with Crippen LogP contribution in [0.15, 0.2) is 0 Å². The Morgan fingerprint density at radius 3 is 1.83 bits per heavy atom. The summed E-state index contributed by atoms with van der Waals surface area (Å²) in [6.07, 6.45) is 4.60. The molecule has 0 saturated heterocycles. The topological polar surface area (TPSA) is 54.0 Å². The van der Waals surface area contributed by atoms with Crippen LogP contribution >= 0.6 is 11.8 Å². The third-order valence-electron chi connectivity index (χ3n) is 3.64. The van der Waals surface area contributed by atoms with Gasteiger partial charge in [0.15, 0.2) is 0 Å². The number of thioether (sulfide) groups is 1. The van der Waals surface area contributed by atoms with Crippen LogP contribution in [0, 0.1) is 0 Å². The first-order valence-electron chi connectivity index (χ1n) is 9.28. The van der Waals surface area contributed by atoms with Gasteiger partial charge in [-0.25, -0.2) is 0 Å². The largest absolute Gasteiger partial charge is 0.751 e. The highest BCUT2D eigenvalue weighted by Gasteiger charge is 2.53. The number of rotatable bonds is 15. The second-order valence-electron chi connectivity index (χ2n) is 5.49. The molecule has 0 fully saturated rings. The Kier molecular flexibility index (Phi) is 13.1. The van der Waals surface area contributed by atoms with Crippen molar-refractivity contribution in [1.29, 1.82) is 0 Å². The van der Waals surface area contributed by atoms with E-state index in [4.69, 9.17) is 17.7 Å². The minimum atomic E-state index is -3.43. The zero-order chi connectivity index (χ0) is 18.5. The fourth-order valence-electron chi connectivity index (χ4n) is 2.37. The SMILES string of the molecule is CCCCC(CC)(SCCC)C(=O)O[Si](OCC)(OCC)OCC. The number of hydrogen-bond acceptors (Lipinski definition) is 6. The maximum absolute atomic E-state index is 13.1. The molecular formula is C17H36O5SSi. The molecule has 0 radical (unpaired) electrons. The van der Waals surface area contributed by atoms with Gasteiger partial charge in [-0.15, -0.1) is 11.8 Å². The van der Waals surface area contributed by atoms with Gasteiger partial charge in [-0.2, -0.15) is 0 Å². The van der Waals surface area contributed by atoms with E-state index in [1.165, 1.54) is 0 Å². The summed E-state index contributed by atoms with van der Waals surface area (Å²) in [7, 11) is -3.43. The molecule has 0 aromatic rings. The molecule has 0 bridgehead atoms. The lowest BCUT2D eigenvalue weighted by Crippen LogP contribution is -2.54. The van der Waals surface area contributed by atoms with Gasteiger partial charge in [0.2, 0.25) is 0 Å². The van der Waals surface area contributed by atoms with Gasteiger partial charge in [-0.1, -0.05) is 33.6 Å². The average Bonchev–Trinajstić information content (AvgIpc) is 2.56. The molecule has 0 heterocycles. The summed E-state index contributed by atoms with van der Waals surface area (Å²) in [6, 6.07) is 0. The minimum absolute atomic E-state index is 0.251. The van der Waals surface area contributed by atoms with Crippen molar-refractivity contribution in [3.8, 4) is 0 Å². The molecule has 0 saturated carbocycles. The molecule has 0 aromatic heterocycles. The second kappa shape index (κ2) is 13.2. The van der Waals surface area contributed by atoms with Crippen LogP contribution in [-0.4, -0.2) is 45.3 Å². The van der Waals surface area contributed by atoms with Crippen molar-refractivity contribution < 1.29 is 22.5 Å². The molecule has 1 unspecified atom stereocenters. The third-order valence-corrected chi connectivity index (χ3v) is 7.83. The summed E-state index contributed by atoms with van der Waals surface area (Å²) in [4.78, 5) is 13.1. The molecule has 144 valence electrons. The quantitative estimate of drug-likeness (QED) is 0.388. The summed E-state index contributed by atoms with van der Waals surface area (Å²) in [6.45, 7) is 13.0. The monoisotopic (exact) mass is 380 g/mol. The van der Waals surface area contributed by atoms with Crippen molar-refractivity contribution in [3.63, 3.8) is 0 Å². The predicted molar refractivity (Wildman–Crippen MR) is 102 cm³/mol. The fraction of sp³-hybridized carbons (Fsp3) is 0.941. The minimum Gasteiger partial charge on any atom is -0.451 e. The van der Waals surface area contributed by atoms with Crippen LogP contribution in [0.4, 0.5) is 0 Å². The lowest BCUT2D eigenvalue weighted by atomic mass is 9.98. The van der Waals surface area contributed by atoms with Crippen molar-refractivity contribution in [1.82, 2.24) is 0 Å². The lowest BCUT2D eigenvalue weighted by Gasteiger charge is -2.34. The van der Waals surface area contributed by atoms with Crippen LogP contribution in [0.25, 0.3) is 0 Å². The van der Waals surface area contributed by atoms with Gasteiger partial charge >= 0.3 is 15.0 Å². The number of hydrogen-bond donors (Lipinski definition) is 0. The van der Waals surface area contributed by atoms with E-state index in [9.17, 15) is 4.79 Å². The van der Waals surface area contributed by atoms with E-state index < -0.39 is 13.8 Å². The molecule has 0 amide bonds. The van der Waals surface area contributed by atoms with Crippen LogP contribution < -0.4 is 0 Å². The molecule has 0 rings (SSSR count). The molecule has 7 heteroatoms. The summed E-state index contributed by atoms with van der Waals surface area (Å²) >= 11 is 1.69. The van der Waals surface area contributed by atoms with Crippen molar-refractivity contribution in [3.05, 3.63) is 0 Å². The van der Waals surface area contributed by atoms with Crippen LogP contribution in [-0.2, 0) is 22.5 Å². The Labute approximate surface area is 153 Å². The smallest absolute Gasteiger partial charge is 0.451 e. The first-order valence-corrected chi connectivity index (χ1v) is 11.9. The van der Waals surface area contributed by atoms with Gasteiger partial charge in [-0.05, 0) is 45.8 Å². The summed E-state index contributed by atoms with van der Waals surface area (Å²) < 4.78 is 22.3. The van der Waals surface area contributed by atoms with Gasteiger partial charge in [0.05, 0.1) is 0 Å². The van der Waals surface area contributed by atoms with E-state index in [-0.39, 0.29) is 5.97 Å². The van der Waals surface area contributed by atoms with Gasteiger partial charge < -0.3 is 17.7 Å². The zero-order valence-corrected chi connectivity index (χ0v) is 18.1. The summed E-state index contributed by atoms with van der Waals surface area (Å²) in [5, 5.41) is 0. The van der Waals surface area contributed by atoms with Crippen LogP contribution in [0.3, 0.4) is 0 Å². The van der Waals surface area contributed by atoms with E-state index in [0.29, 0.717) is 19.8 Å². The Balaban J connectivity index is 5.39. The molecule has 0 aliphatic rings. The number of carbonyl (C=O) groups excluding carboxylic acids is 1. The fourth-order valence-corrected chi connectivity index (χ4v) is 5.60. The van der Waals surface area contributed by atoms with Gasteiger partial charge in [0.25, 0.3) is 0 Å². The van der Waals surface area contributed by atoms with Crippen molar-refractivity contribution in [2.75, 3.05) is 25.6 Å². The molecule has 1 atom stereocenters. The zero-order valence-electron chi connectivity index (χ0n) is 16.3. The number of unbranched alkanes of at least 4 members (excludes halogenated alkanes) is 1. The Hall–Kier alpha value is -0.0831. The molecule has 0 aromatic carbocycles. The highest BCUT2D eigenvalue weighted by atomic mass is 32.2. The van der Waals surface area contributed by atoms with Gasteiger partial charge in [-0.3, -0.25) is 4.79 Å². The van der Waals surface area contributed by atoms with E-state index in [1.54, 1.807) is 11.8 Å². The molecule has 0 aliphatic heterocycles. The van der Waals surface area contributed by atoms with Crippen molar-refractivity contribution in [2.45, 2.75) is 78.4 Å². The molecule has 0 spiro atoms. The number of carbonyl (C=O) groups is 1. The molecule has 0 N–H and O–H groups in total. The van der Waals surface area contributed by atoms with E-state index in [2.05, 4.69) is 13.8 Å². The van der Waals surface area contributed by atoms with Crippen molar-refractivity contribution in [2.24, 2.45) is 0 Å². The molecule has 0 aliphatic carbocycles. The van der Waals surface area contributed by atoms with Crippen LogP contribution in [0.1, 0.15) is 73.6 Å². The third kappa shape index (κ3) is 7.43. The van der Waals surface area contributed by atoms with E-state index in [0.717, 1.165) is 37.9 Å². The summed E-state index contributed by atoms with van der Waals surface area (Å²) in [5.74, 6) is 0.679. The first kappa shape index (κ1) is 23.9. The highest BCUT2D eigenvalue weighted by Crippen LogP contribution is 2.37. The highest BCUT2D eigenvalue weighted by molar-refractivity contribution is 8.01. The summed E-state index contributed by atoms with van der Waals surface area (Å²) in [5.41, 5.74) is 0. The molecular weight excluding hydrogens is 344 g/mol. The van der Waals surface area contributed by atoms with Gasteiger partial charge in [0.1, 0.15) is 4.75 Å². The standard InChI is InChI=1S/C17H36O5SSi/c1-7-13-14-17(9-3,23-15-8-2)16(18)22-24(19-10-4,20-11-5)21-12-6/h7-15H2,1-6H3. The van der Waals surface area contributed by atoms with Crippen molar-refractivity contribution >= 4 is 26.8 Å². The Morgan fingerprint density at radius 1 is 0.917 bits per heavy atom. The average molecular weight is 381 g/mol. The first-order chi connectivity index (χ1) is 11.5. The van der Waals surface area contributed by atoms with E-state index >= 15 is 0 Å². The van der Waals surface area contributed by atoms with Crippen LogP contribution in [0.5, 0.6) is 0 Å². The lowest BCUT2D eigenvalue weighted by molar-refractivity contribution is -0.147. The molecule has 5 nitrogen and oxygen atoms in total. The van der Waals surface area contributed by atoms with E-state index in [1.807, 2.05) is 27.7 Å². The van der Waals surface area contributed by atoms with Gasteiger partial charge in [0, 0.05) is 19.8 Å². The molecule has 24 heavy (non-hydrogen) atoms.